The number of nitrogens with zero attached hydrogens (tertiary/aromatic N) is 3. The second-order valence-electron chi connectivity index (χ2n) is 6.94. The van der Waals surface area contributed by atoms with Crippen LogP contribution in [0.3, 0.4) is 0 Å². The van der Waals surface area contributed by atoms with Crippen LogP contribution in [0.4, 0.5) is 10.3 Å². The van der Waals surface area contributed by atoms with Crippen molar-refractivity contribution in [3.8, 4) is 0 Å². The smallest absolute Gasteiger partial charge is 0.226 e. The molecule has 4 rings (SSSR count). The van der Waals surface area contributed by atoms with Crippen molar-refractivity contribution in [2.24, 2.45) is 5.41 Å². The summed E-state index contributed by atoms with van der Waals surface area (Å²) < 4.78 is 15.0. The predicted molar refractivity (Wildman–Crippen MR) is 83.2 cm³/mol. The van der Waals surface area contributed by atoms with Crippen LogP contribution >= 0.6 is 0 Å². The maximum Gasteiger partial charge on any atom is 0.226 e. The highest BCUT2D eigenvalue weighted by atomic mass is 19.1. The van der Waals surface area contributed by atoms with Gasteiger partial charge in [-0.3, -0.25) is 4.79 Å². The summed E-state index contributed by atoms with van der Waals surface area (Å²) in [5.41, 5.74) is 2.37. The van der Waals surface area contributed by atoms with E-state index in [1.165, 1.54) is 18.5 Å². The fourth-order valence-corrected chi connectivity index (χ4v) is 3.50. The van der Waals surface area contributed by atoms with E-state index in [0.29, 0.717) is 17.9 Å². The number of rotatable bonds is 1. The number of ketones is 1. The lowest BCUT2D eigenvalue weighted by Gasteiger charge is -2.38. The molecule has 0 unspecified atom stereocenters. The Morgan fingerprint density at radius 3 is 2.74 bits per heavy atom. The number of hydrogen-bond donors (Lipinski definition) is 1. The first-order valence-corrected chi connectivity index (χ1v) is 7.63. The van der Waals surface area contributed by atoms with Crippen LogP contribution in [0.1, 0.15) is 38.3 Å². The van der Waals surface area contributed by atoms with Gasteiger partial charge in [-0.05, 0) is 29.5 Å². The van der Waals surface area contributed by atoms with Crippen LogP contribution in [0, 0.1) is 11.2 Å². The van der Waals surface area contributed by atoms with E-state index in [1.807, 2.05) is 0 Å². The van der Waals surface area contributed by atoms with Crippen LogP contribution in [-0.4, -0.2) is 20.5 Å². The van der Waals surface area contributed by atoms with Crippen LogP contribution in [0.15, 0.2) is 41.9 Å². The molecule has 0 saturated heterocycles. The molecule has 23 heavy (non-hydrogen) atoms. The molecule has 0 radical (unpaired) electrons. The number of allylic oxidation sites excluding steroid dienone is 2. The molecule has 0 saturated carbocycles. The highest BCUT2D eigenvalue weighted by Gasteiger charge is 2.41. The van der Waals surface area contributed by atoms with Crippen LogP contribution in [0.5, 0.6) is 0 Å². The number of hydrogen-bond acceptors (Lipinski definition) is 4. The minimum absolute atomic E-state index is 0.0849. The van der Waals surface area contributed by atoms with E-state index in [9.17, 15) is 9.18 Å². The van der Waals surface area contributed by atoms with Gasteiger partial charge in [0.1, 0.15) is 18.2 Å². The van der Waals surface area contributed by atoms with Crippen molar-refractivity contribution in [1.82, 2.24) is 14.8 Å². The predicted octanol–water partition coefficient (Wildman–Crippen LogP) is 3.08. The SMILES string of the molecule is CC1(C)CC(=O)C2=C(C1)Nc1ncnn1[C@H]2c1ccc(F)cc1. The van der Waals surface area contributed by atoms with Crippen LogP contribution in [-0.2, 0) is 4.79 Å². The van der Waals surface area contributed by atoms with Crippen molar-refractivity contribution in [2.45, 2.75) is 32.7 Å². The third kappa shape index (κ3) is 2.25. The molecule has 0 bridgehead atoms. The van der Waals surface area contributed by atoms with Gasteiger partial charge in [-0.25, -0.2) is 9.07 Å². The molecule has 1 aliphatic carbocycles. The summed E-state index contributed by atoms with van der Waals surface area (Å²) in [6.45, 7) is 4.17. The average molecular weight is 312 g/mol. The molecule has 5 nitrogen and oxygen atoms in total. The molecule has 0 amide bonds. The number of halogens is 1. The Labute approximate surface area is 133 Å². The summed E-state index contributed by atoms with van der Waals surface area (Å²) in [6, 6.07) is 5.87. The zero-order chi connectivity index (χ0) is 16.2. The average Bonchev–Trinajstić information content (AvgIpc) is 2.92. The van der Waals surface area contributed by atoms with Gasteiger partial charge in [0.05, 0.1) is 0 Å². The molecule has 2 aromatic rings. The monoisotopic (exact) mass is 312 g/mol. The van der Waals surface area contributed by atoms with E-state index in [0.717, 1.165) is 17.7 Å². The molecule has 2 aliphatic rings. The second kappa shape index (κ2) is 4.75. The molecule has 2 heterocycles. The zero-order valence-electron chi connectivity index (χ0n) is 13.0. The molecule has 1 aromatic carbocycles. The molecule has 1 aromatic heterocycles. The molecular formula is C17H17FN4O. The van der Waals surface area contributed by atoms with E-state index in [-0.39, 0.29) is 23.1 Å². The Balaban J connectivity index is 1.89. The van der Waals surface area contributed by atoms with Gasteiger partial charge in [0, 0.05) is 17.7 Å². The molecule has 1 aliphatic heterocycles. The minimum Gasteiger partial charge on any atom is -0.328 e. The van der Waals surface area contributed by atoms with Crippen molar-refractivity contribution in [3.63, 3.8) is 0 Å². The Kier molecular flexibility index (Phi) is 2.91. The quantitative estimate of drug-likeness (QED) is 0.879. The molecule has 118 valence electrons. The highest BCUT2D eigenvalue weighted by molar-refractivity contribution is 6.00. The topological polar surface area (TPSA) is 59.8 Å². The van der Waals surface area contributed by atoms with Gasteiger partial charge in [0.15, 0.2) is 5.78 Å². The normalized spacial score (nSPS) is 22.4. The van der Waals surface area contributed by atoms with Crippen molar-refractivity contribution < 1.29 is 9.18 Å². The third-order valence-corrected chi connectivity index (χ3v) is 4.46. The van der Waals surface area contributed by atoms with Gasteiger partial charge in [0.25, 0.3) is 0 Å². The number of Topliss-reactive ketones (excluding diaryl/α,β-unsaturated/α-hetero) is 1. The van der Waals surface area contributed by atoms with E-state index in [4.69, 9.17) is 0 Å². The zero-order valence-corrected chi connectivity index (χ0v) is 13.0. The first-order chi connectivity index (χ1) is 10.9. The summed E-state index contributed by atoms with van der Waals surface area (Å²) in [5, 5.41) is 7.51. The summed E-state index contributed by atoms with van der Waals surface area (Å²) in [7, 11) is 0. The number of nitrogens with one attached hydrogen (secondary N) is 1. The van der Waals surface area contributed by atoms with Crippen LogP contribution in [0.25, 0.3) is 0 Å². The van der Waals surface area contributed by atoms with Crippen molar-refractivity contribution in [3.05, 3.63) is 53.2 Å². The maximum absolute atomic E-state index is 13.3. The molecular weight excluding hydrogens is 295 g/mol. The van der Waals surface area contributed by atoms with Crippen molar-refractivity contribution >= 4 is 11.7 Å². The van der Waals surface area contributed by atoms with E-state index in [1.54, 1.807) is 16.8 Å². The number of fused-ring (bicyclic) bond motifs is 1. The third-order valence-electron chi connectivity index (χ3n) is 4.46. The standard InChI is InChI=1S/C17H17FN4O/c1-17(2)7-12-14(13(23)8-17)15(10-3-5-11(18)6-4-10)22-16(21-12)19-9-20-22/h3-6,9,15H,7-8H2,1-2H3,(H,19,20,21)/t15-/m0/s1. The Hall–Kier alpha value is -2.50. The fraction of sp³-hybridized carbons (Fsp3) is 0.353. The van der Waals surface area contributed by atoms with E-state index >= 15 is 0 Å². The van der Waals surface area contributed by atoms with Crippen LogP contribution in [0.2, 0.25) is 0 Å². The van der Waals surface area contributed by atoms with Crippen molar-refractivity contribution in [1.29, 1.82) is 0 Å². The van der Waals surface area contributed by atoms with Crippen LogP contribution < -0.4 is 5.32 Å². The lowest BCUT2D eigenvalue weighted by Crippen LogP contribution is -2.36. The molecule has 0 fully saturated rings. The lowest BCUT2D eigenvalue weighted by atomic mass is 9.73. The largest absolute Gasteiger partial charge is 0.328 e. The molecule has 6 heteroatoms. The van der Waals surface area contributed by atoms with Crippen molar-refractivity contribution in [2.75, 3.05) is 5.32 Å². The first kappa shape index (κ1) is 14.1. The molecule has 1 N–H and O–H groups in total. The second-order valence-corrected chi connectivity index (χ2v) is 6.94. The van der Waals surface area contributed by atoms with E-state index in [2.05, 4.69) is 29.2 Å². The van der Waals surface area contributed by atoms with Gasteiger partial charge in [-0.15, -0.1) is 0 Å². The molecule has 1 atom stereocenters. The van der Waals surface area contributed by atoms with Gasteiger partial charge in [-0.1, -0.05) is 26.0 Å². The number of aromatic nitrogens is 3. The summed E-state index contributed by atoms with van der Waals surface area (Å²) >= 11 is 0. The Morgan fingerprint density at radius 1 is 1.26 bits per heavy atom. The van der Waals surface area contributed by atoms with Gasteiger partial charge < -0.3 is 5.32 Å². The molecule has 0 spiro atoms. The highest BCUT2D eigenvalue weighted by Crippen LogP contribution is 2.44. The van der Waals surface area contributed by atoms with Gasteiger partial charge >= 0.3 is 0 Å². The van der Waals surface area contributed by atoms with E-state index < -0.39 is 0 Å². The summed E-state index contributed by atoms with van der Waals surface area (Å²) in [4.78, 5) is 17.0. The Bertz CT molecular complexity index is 819. The minimum atomic E-state index is -0.354. The summed E-state index contributed by atoms with van der Waals surface area (Å²) in [5.74, 6) is 0.426. The van der Waals surface area contributed by atoms with Gasteiger partial charge in [0.2, 0.25) is 5.95 Å². The fourth-order valence-electron chi connectivity index (χ4n) is 3.50. The number of anilines is 1. The number of benzene rings is 1. The number of carbonyl (C=O) groups is 1. The lowest BCUT2D eigenvalue weighted by molar-refractivity contribution is -0.118. The number of carbonyl (C=O) groups excluding carboxylic acids is 1. The maximum atomic E-state index is 13.3. The Morgan fingerprint density at radius 2 is 2.00 bits per heavy atom. The van der Waals surface area contributed by atoms with Gasteiger partial charge in [-0.2, -0.15) is 10.1 Å². The first-order valence-electron chi connectivity index (χ1n) is 7.63. The summed E-state index contributed by atoms with van der Waals surface area (Å²) in [6.07, 6.45) is 2.74.